The second-order valence-corrected chi connectivity index (χ2v) is 18.5. The third kappa shape index (κ3) is 4.57. The van der Waals surface area contributed by atoms with Crippen LogP contribution < -0.4 is 4.90 Å². The first-order valence-corrected chi connectivity index (χ1v) is 23.1. The zero-order valence-electron chi connectivity index (χ0n) is 34.9. The van der Waals surface area contributed by atoms with Gasteiger partial charge in [-0.1, -0.05) is 194 Å². The van der Waals surface area contributed by atoms with Crippen molar-refractivity contribution in [2.75, 3.05) is 4.90 Å². The molecule has 10 aromatic carbocycles. The number of thiophene rings is 1. The Hall–Kier alpha value is -7.78. The number of nitrogens with zero attached hydrogens (tertiary/aromatic N) is 1. The predicted octanol–water partition coefficient (Wildman–Crippen LogP) is 16.2. The molecule has 1 heterocycles. The van der Waals surface area contributed by atoms with Gasteiger partial charge in [-0.15, -0.1) is 11.3 Å². The highest BCUT2D eigenvalue weighted by molar-refractivity contribution is 7.26. The molecule has 0 atom stereocenters. The molecular weight excluding hydrogens is 791 g/mol. The first-order chi connectivity index (χ1) is 31.8. The molecule has 1 nitrogen and oxygen atoms in total. The van der Waals surface area contributed by atoms with Gasteiger partial charge >= 0.3 is 0 Å². The molecule has 0 saturated heterocycles. The van der Waals surface area contributed by atoms with E-state index in [1.807, 2.05) is 11.3 Å². The Kier molecular flexibility index (Phi) is 7.47. The average Bonchev–Trinajstić information content (AvgIpc) is 3.99. The van der Waals surface area contributed by atoms with Crippen molar-refractivity contribution in [3.8, 4) is 33.4 Å². The van der Waals surface area contributed by atoms with E-state index in [1.54, 1.807) is 0 Å². The topological polar surface area (TPSA) is 3.24 Å². The SMILES string of the molecule is c1ccc(N(c2ccc(-c3cccc4c3sc3ccccc34)cc2)c2ccc3c(c2)-c2ccccc2C32c3ccccc3C3(c4ccccc4-c4ccccc43)c3ccccc32)cc1. The zero-order chi connectivity index (χ0) is 42.0. The van der Waals surface area contributed by atoms with Crippen molar-refractivity contribution in [1.82, 2.24) is 0 Å². The molecule has 0 N–H and O–H groups in total. The molecule has 298 valence electrons. The fraction of sp³-hybridized carbons (Fsp3) is 0.0323. The van der Waals surface area contributed by atoms with Crippen LogP contribution in [-0.2, 0) is 10.8 Å². The lowest BCUT2D eigenvalue weighted by Crippen LogP contribution is -2.43. The molecule has 0 fully saturated rings. The fourth-order valence-corrected chi connectivity index (χ4v) is 13.4. The number of anilines is 3. The largest absolute Gasteiger partial charge is 0.310 e. The molecule has 3 aliphatic rings. The van der Waals surface area contributed by atoms with Gasteiger partial charge in [0.1, 0.15) is 0 Å². The van der Waals surface area contributed by atoms with Crippen molar-refractivity contribution in [3.63, 3.8) is 0 Å². The summed E-state index contributed by atoms with van der Waals surface area (Å²) in [5.41, 5.74) is 20.9. The van der Waals surface area contributed by atoms with Gasteiger partial charge in [0.15, 0.2) is 0 Å². The summed E-state index contributed by atoms with van der Waals surface area (Å²) in [7, 11) is 0. The first kappa shape index (κ1) is 35.8. The van der Waals surface area contributed by atoms with Crippen LogP contribution in [0.4, 0.5) is 17.1 Å². The molecule has 11 aromatic rings. The van der Waals surface area contributed by atoms with E-state index in [4.69, 9.17) is 0 Å². The second-order valence-electron chi connectivity index (χ2n) is 17.5. The third-order valence-electron chi connectivity index (χ3n) is 14.6. The molecule has 3 aliphatic carbocycles. The minimum Gasteiger partial charge on any atom is -0.310 e. The molecule has 0 bridgehead atoms. The van der Waals surface area contributed by atoms with Crippen molar-refractivity contribution in [3.05, 3.63) is 281 Å². The number of rotatable bonds is 4. The quantitative estimate of drug-likeness (QED) is 0.171. The summed E-state index contributed by atoms with van der Waals surface area (Å²) in [5, 5.41) is 2.64. The average molecular weight is 830 g/mol. The summed E-state index contributed by atoms with van der Waals surface area (Å²) in [4.78, 5) is 2.42. The predicted molar refractivity (Wildman–Crippen MR) is 268 cm³/mol. The van der Waals surface area contributed by atoms with Crippen molar-refractivity contribution in [1.29, 1.82) is 0 Å². The Morgan fingerprint density at radius 3 is 1.30 bits per heavy atom. The molecule has 64 heavy (non-hydrogen) atoms. The van der Waals surface area contributed by atoms with Crippen molar-refractivity contribution in [2.24, 2.45) is 0 Å². The molecule has 14 rings (SSSR count). The van der Waals surface area contributed by atoms with Gasteiger partial charge in [-0.25, -0.2) is 0 Å². The number of hydrogen-bond acceptors (Lipinski definition) is 2. The van der Waals surface area contributed by atoms with Gasteiger partial charge in [0.2, 0.25) is 0 Å². The minimum atomic E-state index is -0.526. The number of fused-ring (bicyclic) bond motifs is 19. The van der Waals surface area contributed by atoms with Crippen LogP contribution in [-0.4, -0.2) is 0 Å². The maximum atomic E-state index is 2.46. The summed E-state index contributed by atoms with van der Waals surface area (Å²) in [6.07, 6.45) is 0. The van der Waals surface area contributed by atoms with E-state index >= 15 is 0 Å². The summed E-state index contributed by atoms with van der Waals surface area (Å²) in [6.45, 7) is 0. The number of para-hydroxylation sites is 1. The smallest absolute Gasteiger partial charge is 0.0720 e. The first-order valence-electron chi connectivity index (χ1n) is 22.3. The monoisotopic (exact) mass is 829 g/mol. The highest BCUT2D eigenvalue weighted by Gasteiger charge is 2.58. The van der Waals surface area contributed by atoms with E-state index in [-0.39, 0.29) is 0 Å². The Balaban J connectivity index is 0.972. The summed E-state index contributed by atoms with van der Waals surface area (Å²) in [5.74, 6) is 0. The molecule has 0 aliphatic heterocycles. The Morgan fingerprint density at radius 1 is 0.281 bits per heavy atom. The third-order valence-corrected chi connectivity index (χ3v) is 15.8. The van der Waals surface area contributed by atoms with Gasteiger partial charge in [-0.05, 0) is 120 Å². The number of hydrogen-bond donors (Lipinski definition) is 0. The standard InChI is InChI=1S/C62H39NS/c1-2-17-41(18-3-1)63(42-35-33-40(34-36-42)44-23-16-24-49-48-22-7-15-32-59(48)64-60(44)49)43-37-38-54-50(39-43)47-21-6-10-27-53(47)62(54)57-30-13-11-28-55(57)61(56-29-12-14-31-58(56)62)51-25-8-4-19-45(51)46-20-5-9-26-52(46)61/h1-39H. The molecular formula is C62H39NS. The van der Waals surface area contributed by atoms with Crippen molar-refractivity contribution < 1.29 is 0 Å². The molecule has 0 unspecified atom stereocenters. The van der Waals surface area contributed by atoms with E-state index in [2.05, 4.69) is 241 Å². The van der Waals surface area contributed by atoms with Crippen molar-refractivity contribution >= 4 is 48.6 Å². The zero-order valence-corrected chi connectivity index (χ0v) is 35.7. The van der Waals surface area contributed by atoms with Crippen LogP contribution in [0.2, 0.25) is 0 Å². The maximum Gasteiger partial charge on any atom is 0.0720 e. The molecule has 2 heteroatoms. The molecule has 1 aromatic heterocycles. The summed E-state index contributed by atoms with van der Waals surface area (Å²) < 4.78 is 2.66. The molecule has 0 radical (unpaired) electrons. The van der Waals surface area contributed by atoms with E-state index in [9.17, 15) is 0 Å². The molecule has 2 spiro atoms. The fourth-order valence-electron chi connectivity index (χ4n) is 12.2. The van der Waals surface area contributed by atoms with Crippen LogP contribution in [0, 0.1) is 0 Å². The Bertz CT molecular complexity index is 3590. The Labute approximate surface area is 376 Å². The van der Waals surface area contributed by atoms with Crippen LogP contribution in [0.3, 0.4) is 0 Å². The van der Waals surface area contributed by atoms with Crippen LogP contribution in [0.15, 0.2) is 237 Å². The van der Waals surface area contributed by atoms with E-state index < -0.39 is 10.8 Å². The van der Waals surface area contributed by atoms with E-state index in [0.29, 0.717) is 0 Å². The maximum absolute atomic E-state index is 2.46. The van der Waals surface area contributed by atoms with Gasteiger partial charge in [0.25, 0.3) is 0 Å². The summed E-state index contributed by atoms with van der Waals surface area (Å²) >= 11 is 1.88. The van der Waals surface area contributed by atoms with Crippen LogP contribution in [0.25, 0.3) is 53.6 Å². The van der Waals surface area contributed by atoms with Gasteiger partial charge in [0, 0.05) is 37.2 Å². The second kappa shape index (κ2) is 13.4. The van der Waals surface area contributed by atoms with E-state index in [0.717, 1.165) is 17.1 Å². The van der Waals surface area contributed by atoms with Crippen molar-refractivity contribution in [2.45, 2.75) is 10.8 Å². The van der Waals surface area contributed by atoms with Crippen LogP contribution >= 0.6 is 11.3 Å². The van der Waals surface area contributed by atoms with Gasteiger partial charge in [-0.2, -0.15) is 0 Å². The van der Waals surface area contributed by atoms with Gasteiger partial charge < -0.3 is 4.90 Å². The van der Waals surface area contributed by atoms with E-state index in [1.165, 1.54) is 98.1 Å². The normalized spacial score (nSPS) is 14.2. The highest BCUT2D eigenvalue weighted by atomic mass is 32.1. The lowest BCUT2D eigenvalue weighted by atomic mass is 9.52. The van der Waals surface area contributed by atoms with Gasteiger partial charge in [-0.3, -0.25) is 0 Å². The van der Waals surface area contributed by atoms with Gasteiger partial charge in [0.05, 0.1) is 10.8 Å². The molecule has 0 saturated carbocycles. The molecule has 0 amide bonds. The number of benzene rings is 10. The Morgan fingerprint density at radius 2 is 0.703 bits per heavy atom. The minimum absolute atomic E-state index is 0.456. The summed E-state index contributed by atoms with van der Waals surface area (Å²) in [6, 6.07) is 88.9. The van der Waals surface area contributed by atoms with Crippen LogP contribution in [0.1, 0.15) is 44.5 Å². The lowest BCUT2D eigenvalue weighted by molar-refractivity contribution is 0.633. The highest BCUT2D eigenvalue weighted by Crippen LogP contribution is 2.67. The lowest BCUT2D eigenvalue weighted by Gasteiger charge is -2.48. The van der Waals surface area contributed by atoms with Crippen LogP contribution in [0.5, 0.6) is 0 Å².